The molecule has 0 fully saturated rings. The molecule has 0 atom stereocenters. The molecule has 7 nitrogen and oxygen atoms in total. The second-order valence-corrected chi connectivity index (χ2v) is 9.04. The lowest BCUT2D eigenvalue weighted by Crippen LogP contribution is -2.19. The van der Waals surface area contributed by atoms with E-state index in [2.05, 4.69) is 9.71 Å². The quantitative estimate of drug-likeness (QED) is 0.698. The number of carbonyl (C=O) groups excluding carboxylic acids is 1. The Morgan fingerprint density at radius 3 is 2.62 bits per heavy atom. The molecule has 1 N–H and O–H groups in total. The van der Waals surface area contributed by atoms with Crippen LogP contribution in [0.2, 0.25) is 0 Å². The summed E-state index contributed by atoms with van der Waals surface area (Å²) in [6.07, 6.45) is 1.62. The van der Waals surface area contributed by atoms with Crippen LogP contribution in [-0.4, -0.2) is 32.3 Å². The summed E-state index contributed by atoms with van der Waals surface area (Å²) in [5.74, 6) is -2.01. The van der Waals surface area contributed by atoms with E-state index in [4.69, 9.17) is 9.47 Å². The number of hydrogen-bond acceptors (Lipinski definition) is 6. The first-order valence-electron chi connectivity index (χ1n) is 9.64. The number of halogens is 2. The molecule has 32 heavy (non-hydrogen) atoms. The van der Waals surface area contributed by atoms with Crippen LogP contribution in [0.5, 0.6) is 11.5 Å². The number of rotatable bonds is 6. The number of ketones is 1. The maximum atomic E-state index is 14.2. The molecule has 0 amide bonds. The minimum Gasteiger partial charge on any atom is -0.486 e. The van der Waals surface area contributed by atoms with Gasteiger partial charge in [-0.1, -0.05) is 0 Å². The number of sulfonamides is 1. The maximum absolute atomic E-state index is 14.2. The number of anilines is 1. The zero-order chi connectivity index (χ0) is 23.0. The van der Waals surface area contributed by atoms with Crippen molar-refractivity contribution >= 4 is 32.9 Å². The first kappa shape index (κ1) is 21.7. The van der Waals surface area contributed by atoms with Gasteiger partial charge in [-0.25, -0.2) is 22.2 Å². The first-order valence-corrected chi connectivity index (χ1v) is 11.3. The highest BCUT2D eigenvalue weighted by molar-refractivity contribution is 7.92. The lowest BCUT2D eigenvalue weighted by Gasteiger charge is -2.19. The number of aliphatic imine (C=N–C) groups is 1. The summed E-state index contributed by atoms with van der Waals surface area (Å²) in [5, 5.41) is 0. The summed E-state index contributed by atoms with van der Waals surface area (Å²) in [7, 11) is -3.58. The van der Waals surface area contributed by atoms with Crippen LogP contribution in [0.4, 0.5) is 14.5 Å². The highest BCUT2D eigenvalue weighted by atomic mass is 32.2. The van der Waals surface area contributed by atoms with E-state index in [0.717, 1.165) is 12.1 Å². The molecule has 0 saturated carbocycles. The molecule has 0 aliphatic carbocycles. The van der Waals surface area contributed by atoms with Gasteiger partial charge in [-0.05, 0) is 50.3 Å². The van der Waals surface area contributed by atoms with Crippen LogP contribution in [0.25, 0.3) is 5.70 Å². The Balaban J connectivity index is 1.87. The van der Waals surface area contributed by atoms with E-state index in [-0.39, 0.29) is 58.1 Å². The van der Waals surface area contributed by atoms with Crippen LogP contribution < -0.4 is 9.46 Å². The lowest BCUT2D eigenvalue weighted by molar-refractivity contribution is -0.109. The van der Waals surface area contributed by atoms with Gasteiger partial charge in [0.25, 0.3) is 0 Å². The van der Waals surface area contributed by atoms with Crippen molar-refractivity contribution in [2.45, 2.75) is 13.8 Å². The third-order valence-electron chi connectivity index (χ3n) is 4.83. The topological polar surface area (TPSA) is 94.1 Å². The molecule has 10 heteroatoms. The predicted molar refractivity (Wildman–Crippen MR) is 115 cm³/mol. The third kappa shape index (κ3) is 4.13. The average Bonchev–Trinajstić information content (AvgIpc) is 3.24. The number of ether oxygens (including phenoxy) is 2. The minimum absolute atomic E-state index is 0.109. The van der Waals surface area contributed by atoms with E-state index in [9.17, 15) is 22.0 Å². The highest BCUT2D eigenvalue weighted by Crippen LogP contribution is 2.40. The Morgan fingerprint density at radius 2 is 1.91 bits per heavy atom. The summed E-state index contributed by atoms with van der Waals surface area (Å²) in [6, 6.07) is 7.19. The molecule has 2 aromatic rings. The summed E-state index contributed by atoms with van der Waals surface area (Å²) >= 11 is 0. The van der Waals surface area contributed by atoms with Gasteiger partial charge in [-0.15, -0.1) is 0 Å². The number of allylic oxidation sites excluding steroid dienone is 1. The molecule has 0 saturated heterocycles. The molecule has 2 aliphatic rings. The number of hydrogen-bond donors (Lipinski definition) is 1. The van der Waals surface area contributed by atoms with Gasteiger partial charge in [0.05, 0.1) is 17.0 Å². The first-order chi connectivity index (χ1) is 15.2. The standard InChI is InChI=1S/C22H18F2N2O5S/c1-3-32(28,29)26-14-5-7-18(31-19-6-4-13(23)10-17(19)24)16(11-14)20-22-15(8-9-30-22)21(27)12(2)25-20/h4-8,10-11,26H,3,9H2,1-2H3. The van der Waals surface area contributed by atoms with E-state index in [0.29, 0.717) is 11.6 Å². The Morgan fingerprint density at radius 1 is 1.16 bits per heavy atom. The van der Waals surface area contributed by atoms with Crippen LogP contribution in [0.1, 0.15) is 19.4 Å². The predicted octanol–water partition coefficient (Wildman–Crippen LogP) is 4.19. The Bertz CT molecular complexity index is 1330. The van der Waals surface area contributed by atoms with Gasteiger partial charge < -0.3 is 9.47 Å². The second kappa shape index (κ2) is 8.19. The molecule has 0 spiro atoms. The smallest absolute Gasteiger partial charge is 0.232 e. The van der Waals surface area contributed by atoms with Crippen molar-refractivity contribution in [1.82, 2.24) is 0 Å². The van der Waals surface area contributed by atoms with Gasteiger partial charge in [0.1, 0.15) is 23.9 Å². The molecule has 4 rings (SSSR count). The van der Waals surface area contributed by atoms with Gasteiger partial charge in [0.15, 0.2) is 17.3 Å². The Kier molecular flexibility index (Phi) is 5.55. The van der Waals surface area contributed by atoms with E-state index < -0.39 is 21.7 Å². The van der Waals surface area contributed by atoms with E-state index >= 15 is 0 Å². The van der Waals surface area contributed by atoms with E-state index in [1.165, 1.54) is 25.1 Å². The minimum atomic E-state index is -3.58. The van der Waals surface area contributed by atoms with Gasteiger partial charge in [-0.3, -0.25) is 9.52 Å². The fraction of sp³-hybridized carbons (Fsp3) is 0.182. The highest BCUT2D eigenvalue weighted by Gasteiger charge is 2.32. The van der Waals surface area contributed by atoms with Gasteiger partial charge in [-0.2, -0.15) is 0 Å². The molecular formula is C22H18F2N2O5S. The van der Waals surface area contributed by atoms with Crippen LogP contribution in [0.3, 0.4) is 0 Å². The number of carbonyl (C=O) groups is 1. The summed E-state index contributed by atoms with van der Waals surface area (Å²) < 4.78 is 65.3. The van der Waals surface area contributed by atoms with Gasteiger partial charge in [0, 0.05) is 17.3 Å². The Labute approximate surface area is 183 Å². The zero-order valence-electron chi connectivity index (χ0n) is 17.1. The largest absolute Gasteiger partial charge is 0.486 e. The number of nitrogens with one attached hydrogen (secondary N) is 1. The van der Waals surface area contributed by atoms with Crippen molar-refractivity contribution in [2.75, 3.05) is 17.1 Å². The van der Waals surface area contributed by atoms with Crippen LogP contribution >= 0.6 is 0 Å². The molecular weight excluding hydrogens is 442 g/mol. The molecule has 0 radical (unpaired) electrons. The number of fused-ring (bicyclic) bond motifs is 1. The molecule has 2 aliphatic heterocycles. The lowest BCUT2D eigenvalue weighted by atomic mass is 9.98. The van der Waals surface area contributed by atoms with Crippen LogP contribution in [-0.2, 0) is 19.6 Å². The zero-order valence-corrected chi connectivity index (χ0v) is 17.9. The van der Waals surface area contributed by atoms with Crippen molar-refractivity contribution in [3.05, 3.63) is 71.0 Å². The van der Waals surface area contributed by atoms with Crippen molar-refractivity contribution in [1.29, 1.82) is 0 Å². The van der Waals surface area contributed by atoms with Crippen LogP contribution in [0.15, 0.2) is 58.8 Å². The van der Waals surface area contributed by atoms with Gasteiger partial charge in [0.2, 0.25) is 15.8 Å². The summed E-state index contributed by atoms with van der Waals surface area (Å²) in [4.78, 5) is 16.8. The Hall–Kier alpha value is -3.53. The third-order valence-corrected chi connectivity index (χ3v) is 6.14. The van der Waals surface area contributed by atoms with Crippen molar-refractivity contribution in [3.63, 3.8) is 0 Å². The normalized spacial score (nSPS) is 15.7. The number of Topliss-reactive ketones (excluding diaryl/α,β-unsaturated/α-hetero) is 1. The monoisotopic (exact) mass is 460 g/mol. The van der Waals surface area contributed by atoms with Crippen molar-refractivity contribution < 1.29 is 31.5 Å². The summed E-state index contributed by atoms with van der Waals surface area (Å²) in [6.45, 7) is 3.21. The van der Waals surface area contributed by atoms with E-state index in [1.54, 1.807) is 13.0 Å². The van der Waals surface area contributed by atoms with Gasteiger partial charge >= 0.3 is 0 Å². The second-order valence-electron chi connectivity index (χ2n) is 7.03. The fourth-order valence-corrected chi connectivity index (χ4v) is 3.84. The fourth-order valence-electron chi connectivity index (χ4n) is 3.21. The molecule has 0 unspecified atom stereocenters. The molecule has 0 bridgehead atoms. The number of nitrogens with zero attached hydrogens (tertiary/aromatic N) is 1. The molecule has 166 valence electrons. The number of benzene rings is 2. The molecule has 2 heterocycles. The average molecular weight is 460 g/mol. The van der Waals surface area contributed by atoms with Crippen LogP contribution in [0, 0.1) is 11.6 Å². The summed E-state index contributed by atoms with van der Waals surface area (Å²) in [5.41, 5.74) is 1.26. The molecule has 2 aromatic carbocycles. The van der Waals surface area contributed by atoms with Crippen molar-refractivity contribution in [2.24, 2.45) is 4.99 Å². The molecule has 0 aromatic heterocycles. The maximum Gasteiger partial charge on any atom is 0.232 e. The van der Waals surface area contributed by atoms with E-state index in [1.807, 2.05) is 0 Å². The SMILES string of the molecule is CCS(=O)(=O)Nc1ccc(Oc2ccc(F)cc2F)c(C2=C3OCC=C3C(=O)C(C)=N2)c1. The van der Waals surface area contributed by atoms with Crippen molar-refractivity contribution in [3.8, 4) is 11.5 Å².